The smallest absolute Gasteiger partial charge is 0.325 e. The van der Waals surface area contributed by atoms with Gasteiger partial charge in [0.15, 0.2) is 0 Å². The molecule has 0 aliphatic carbocycles. The quantitative estimate of drug-likeness (QED) is 0.554. The Morgan fingerprint density at radius 1 is 1.41 bits per heavy atom. The Hall–Kier alpha value is -1.45. The third-order valence-electron chi connectivity index (χ3n) is 3.04. The van der Waals surface area contributed by atoms with Crippen LogP contribution in [0.15, 0.2) is 4.79 Å². The normalized spacial score (nSPS) is 18.3. The van der Waals surface area contributed by atoms with E-state index in [2.05, 4.69) is 4.74 Å². The predicted molar refractivity (Wildman–Crippen MR) is 91.0 cm³/mol. The number of carbonyl (C=O) groups is 2. The largest absolute Gasteiger partial charge is 0.468 e. The second-order valence-corrected chi connectivity index (χ2v) is 6.95. The fraction of sp³-hybridized carbons (Fsp3) is 0.385. The number of amides is 1. The van der Waals surface area contributed by atoms with Gasteiger partial charge in [-0.05, 0) is 13.8 Å². The van der Waals surface area contributed by atoms with Crippen LogP contribution in [0.4, 0.5) is 0 Å². The van der Waals surface area contributed by atoms with Crippen LogP contribution in [0, 0.1) is 0 Å². The lowest BCUT2D eigenvalue weighted by molar-refractivity contribution is -0.143. The average molecular weight is 358 g/mol. The first-order valence-corrected chi connectivity index (χ1v) is 8.49. The lowest BCUT2D eigenvalue weighted by Crippen LogP contribution is -2.35. The molecule has 1 fully saturated rings. The lowest BCUT2D eigenvalue weighted by atomic mass is 10.4. The number of thiazole rings is 1. The summed E-state index contributed by atoms with van der Waals surface area (Å²) in [4.78, 5) is 37.6. The van der Waals surface area contributed by atoms with Gasteiger partial charge in [-0.25, -0.2) is 0 Å². The molecule has 22 heavy (non-hydrogen) atoms. The Labute approximate surface area is 140 Å². The van der Waals surface area contributed by atoms with Crippen molar-refractivity contribution < 1.29 is 14.3 Å². The summed E-state index contributed by atoms with van der Waals surface area (Å²) in [6.07, 6.45) is 1.72. The molecule has 2 rings (SSSR count). The third-order valence-corrected chi connectivity index (χ3v) is 5.86. The number of esters is 1. The maximum absolute atomic E-state index is 12.5. The molecule has 0 atom stereocenters. The van der Waals surface area contributed by atoms with Gasteiger partial charge < -0.3 is 4.74 Å². The topological polar surface area (TPSA) is 68.6 Å². The number of rotatable bonds is 3. The van der Waals surface area contributed by atoms with Crippen molar-refractivity contribution in [1.29, 1.82) is 0 Å². The molecule has 0 spiro atoms. The number of thiocarbonyl (C=S) groups is 1. The summed E-state index contributed by atoms with van der Waals surface area (Å²) in [5.74, 6) is -0.911. The first-order valence-electron chi connectivity index (χ1n) is 6.45. The van der Waals surface area contributed by atoms with Gasteiger partial charge in [0.25, 0.3) is 11.5 Å². The second kappa shape index (κ2) is 6.76. The molecular formula is C13H14N2O4S3. The van der Waals surface area contributed by atoms with E-state index < -0.39 is 5.97 Å². The van der Waals surface area contributed by atoms with Crippen LogP contribution in [0.25, 0.3) is 11.0 Å². The van der Waals surface area contributed by atoms with E-state index in [1.807, 2.05) is 6.92 Å². The lowest BCUT2D eigenvalue weighted by Gasteiger charge is -2.11. The average Bonchev–Trinajstić information content (AvgIpc) is 2.97. The fourth-order valence-corrected chi connectivity index (χ4v) is 4.42. The third kappa shape index (κ3) is 2.88. The summed E-state index contributed by atoms with van der Waals surface area (Å²) in [6.45, 7) is 3.85. The predicted octanol–water partition coefficient (Wildman–Crippen LogP) is -0.128. The zero-order chi connectivity index (χ0) is 16.4. The van der Waals surface area contributed by atoms with Gasteiger partial charge in [0.2, 0.25) is 0 Å². The molecule has 1 saturated heterocycles. The number of hydrogen-bond acceptors (Lipinski definition) is 7. The minimum absolute atomic E-state index is 0.122. The highest BCUT2D eigenvalue weighted by molar-refractivity contribution is 8.30. The summed E-state index contributed by atoms with van der Waals surface area (Å²) in [7, 11) is 1.25. The SMILES string of the molecule is CC=c1sc(=C2SC(=S)N(CC(=O)OC)C2=O)n(CC)c1=O. The molecule has 2 heterocycles. The number of thioether (sulfide) groups is 1. The second-order valence-electron chi connectivity index (χ2n) is 4.27. The zero-order valence-corrected chi connectivity index (χ0v) is 14.7. The Morgan fingerprint density at radius 2 is 2.09 bits per heavy atom. The zero-order valence-electron chi connectivity index (χ0n) is 12.2. The van der Waals surface area contributed by atoms with Crippen molar-refractivity contribution in [3.8, 4) is 0 Å². The van der Waals surface area contributed by atoms with Crippen LogP contribution >= 0.6 is 35.3 Å². The Morgan fingerprint density at radius 3 is 2.64 bits per heavy atom. The summed E-state index contributed by atoms with van der Waals surface area (Å²) in [6, 6.07) is 0. The van der Waals surface area contributed by atoms with Crippen molar-refractivity contribution in [2.75, 3.05) is 13.7 Å². The van der Waals surface area contributed by atoms with Gasteiger partial charge in [0, 0.05) is 6.54 Å². The number of ether oxygens (including phenoxy) is 1. The highest BCUT2D eigenvalue weighted by atomic mass is 32.2. The van der Waals surface area contributed by atoms with Gasteiger partial charge in [-0.1, -0.05) is 30.1 Å². The van der Waals surface area contributed by atoms with Crippen LogP contribution in [-0.4, -0.2) is 39.3 Å². The number of aromatic nitrogens is 1. The highest BCUT2D eigenvalue weighted by Gasteiger charge is 2.35. The van der Waals surface area contributed by atoms with E-state index in [1.165, 1.54) is 23.3 Å². The number of nitrogens with zero attached hydrogens (tertiary/aromatic N) is 2. The first-order chi connectivity index (χ1) is 10.4. The number of hydrogen-bond donors (Lipinski definition) is 0. The first kappa shape index (κ1) is 16.9. The van der Waals surface area contributed by atoms with Crippen LogP contribution in [-0.2, 0) is 20.9 Å². The van der Waals surface area contributed by atoms with Gasteiger partial charge in [0.05, 0.1) is 11.6 Å². The Kier molecular flexibility index (Phi) is 5.20. The molecule has 6 nitrogen and oxygen atoms in total. The van der Waals surface area contributed by atoms with Gasteiger partial charge >= 0.3 is 5.97 Å². The Balaban J connectivity index is 2.59. The van der Waals surface area contributed by atoms with Crippen LogP contribution < -0.4 is 14.8 Å². The molecule has 0 N–H and O–H groups in total. The molecule has 0 unspecified atom stereocenters. The van der Waals surface area contributed by atoms with Gasteiger partial charge in [-0.2, -0.15) is 0 Å². The monoisotopic (exact) mass is 358 g/mol. The highest BCUT2D eigenvalue weighted by Crippen LogP contribution is 2.31. The summed E-state index contributed by atoms with van der Waals surface area (Å²) >= 11 is 7.51. The molecule has 1 aliphatic rings. The van der Waals surface area contributed by atoms with Crippen molar-refractivity contribution in [3.63, 3.8) is 0 Å². The molecule has 0 bridgehead atoms. The van der Waals surface area contributed by atoms with Crippen molar-refractivity contribution in [3.05, 3.63) is 19.5 Å². The minimum Gasteiger partial charge on any atom is -0.468 e. The molecule has 1 aromatic rings. The summed E-state index contributed by atoms with van der Waals surface area (Å²) in [5, 5.41) is 0. The molecule has 118 valence electrons. The molecule has 1 aromatic heterocycles. The molecule has 0 aromatic carbocycles. The molecule has 9 heteroatoms. The molecule has 0 saturated carbocycles. The molecular weight excluding hydrogens is 344 g/mol. The van der Waals surface area contributed by atoms with Crippen molar-refractivity contribution in [2.45, 2.75) is 20.4 Å². The van der Waals surface area contributed by atoms with E-state index in [0.29, 0.717) is 20.6 Å². The van der Waals surface area contributed by atoms with E-state index in [1.54, 1.807) is 17.6 Å². The summed E-state index contributed by atoms with van der Waals surface area (Å²) < 4.78 is 7.55. The molecule has 1 aliphatic heterocycles. The van der Waals surface area contributed by atoms with Gasteiger partial charge in [0.1, 0.15) is 20.4 Å². The van der Waals surface area contributed by atoms with E-state index in [-0.39, 0.29) is 22.3 Å². The fourth-order valence-electron chi connectivity index (χ4n) is 1.92. The van der Waals surface area contributed by atoms with E-state index in [4.69, 9.17) is 12.2 Å². The molecule has 1 amide bonds. The van der Waals surface area contributed by atoms with Crippen LogP contribution in [0.3, 0.4) is 0 Å². The number of methoxy groups -OCH3 is 1. The van der Waals surface area contributed by atoms with Gasteiger partial charge in [-0.15, -0.1) is 11.3 Å². The number of carbonyl (C=O) groups excluding carboxylic acids is 2. The summed E-state index contributed by atoms with van der Waals surface area (Å²) in [5.41, 5.74) is -0.122. The minimum atomic E-state index is -0.542. The standard InChI is InChI=1S/C13H14N2O4S3/c1-4-7-10(17)14(5-2)12(21-7)9-11(18)15(13(20)22-9)6-8(16)19-3/h4H,5-6H2,1-3H3. The van der Waals surface area contributed by atoms with Crippen LogP contribution in [0.1, 0.15) is 13.8 Å². The van der Waals surface area contributed by atoms with Crippen molar-refractivity contribution in [2.24, 2.45) is 0 Å². The van der Waals surface area contributed by atoms with E-state index >= 15 is 0 Å². The maximum Gasteiger partial charge on any atom is 0.325 e. The van der Waals surface area contributed by atoms with E-state index in [9.17, 15) is 14.4 Å². The Bertz CT molecular complexity index is 821. The van der Waals surface area contributed by atoms with Crippen molar-refractivity contribution in [1.82, 2.24) is 9.47 Å². The maximum atomic E-state index is 12.5. The van der Waals surface area contributed by atoms with Crippen LogP contribution in [0.2, 0.25) is 0 Å². The van der Waals surface area contributed by atoms with E-state index in [0.717, 1.165) is 11.8 Å². The van der Waals surface area contributed by atoms with Gasteiger partial charge in [-0.3, -0.25) is 23.9 Å². The molecule has 0 radical (unpaired) electrons. The van der Waals surface area contributed by atoms with Crippen molar-refractivity contribution >= 4 is 62.5 Å². The van der Waals surface area contributed by atoms with Crippen LogP contribution in [0.5, 0.6) is 0 Å².